The van der Waals surface area contributed by atoms with E-state index in [1.165, 1.54) is 6.42 Å². The lowest BCUT2D eigenvalue weighted by Crippen LogP contribution is -2.49. The molecular formula is C26H37BN4O5. The van der Waals surface area contributed by atoms with E-state index in [9.17, 15) is 24.9 Å². The van der Waals surface area contributed by atoms with Crippen molar-refractivity contribution in [1.29, 1.82) is 5.26 Å². The Morgan fingerprint density at radius 3 is 2.53 bits per heavy atom. The van der Waals surface area contributed by atoms with Gasteiger partial charge in [0.15, 0.2) is 0 Å². The summed E-state index contributed by atoms with van der Waals surface area (Å²) < 4.78 is 5.36. The zero-order valence-electron chi connectivity index (χ0n) is 21.2. The van der Waals surface area contributed by atoms with E-state index in [1.54, 1.807) is 11.0 Å². The van der Waals surface area contributed by atoms with Gasteiger partial charge in [-0.25, -0.2) is 4.79 Å². The zero-order valence-corrected chi connectivity index (χ0v) is 21.2. The summed E-state index contributed by atoms with van der Waals surface area (Å²) in [7, 11) is -1.76. The number of nitriles is 1. The van der Waals surface area contributed by atoms with Crippen LogP contribution < -0.4 is 5.32 Å². The fourth-order valence-corrected chi connectivity index (χ4v) is 4.95. The van der Waals surface area contributed by atoms with Crippen LogP contribution in [0.15, 0.2) is 42.0 Å². The minimum Gasteiger partial charge on any atom is -0.447 e. The van der Waals surface area contributed by atoms with E-state index in [2.05, 4.69) is 16.3 Å². The lowest BCUT2D eigenvalue weighted by molar-refractivity contribution is -0.128. The Morgan fingerprint density at radius 1 is 1.19 bits per heavy atom. The van der Waals surface area contributed by atoms with Gasteiger partial charge in [0, 0.05) is 12.1 Å². The van der Waals surface area contributed by atoms with Crippen molar-refractivity contribution in [1.82, 2.24) is 15.1 Å². The summed E-state index contributed by atoms with van der Waals surface area (Å²) in [5, 5.41) is 31.6. The Bertz CT molecular complexity index is 957. The van der Waals surface area contributed by atoms with E-state index in [0.717, 1.165) is 37.9 Å². The van der Waals surface area contributed by atoms with E-state index < -0.39 is 24.7 Å². The largest absolute Gasteiger partial charge is 0.475 e. The van der Waals surface area contributed by atoms with Crippen molar-refractivity contribution in [3.63, 3.8) is 0 Å². The Balaban J connectivity index is 1.58. The number of benzene rings is 1. The third-order valence-electron chi connectivity index (χ3n) is 7.03. The van der Waals surface area contributed by atoms with Gasteiger partial charge in [0.2, 0.25) is 0 Å². The van der Waals surface area contributed by atoms with Crippen LogP contribution in [0.2, 0.25) is 0 Å². The average molecular weight is 496 g/mol. The van der Waals surface area contributed by atoms with Gasteiger partial charge in [0.05, 0.1) is 12.0 Å². The van der Waals surface area contributed by atoms with Crippen LogP contribution >= 0.6 is 0 Å². The number of hydrogen-bond acceptors (Lipinski definition) is 7. The number of likely N-dealkylation sites (tertiary alicyclic amines) is 2. The average Bonchev–Trinajstić information content (AvgIpc) is 3.35. The summed E-state index contributed by atoms with van der Waals surface area (Å²) in [6.45, 7) is 6.40. The Hall–Kier alpha value is -2.87. The van der Waals surface area contributed by atoms with Crippen LogP contribution in [0, 0.1) is 11.3 Å². The molecule has 9 nitrogen and oxygen atoms in total. The van der Waals surface area contributed by atoms with Crippen molar-refractivity contribution in [3.05, 3.63) is 47.5 Å². The quantitative estimate of drug-likeness (QED) is 0.271. The first kappa shape index (κ1) is 27.7. The van der Waals surface area contributed by atoms with Crippen LogP contribution in [0.1, 0.15) is 51.5 Å². The summed E-state index contributed by atoms with van der Waals surface area (Å²) in [4.78, 5) is 29.6. The highest BCUT2D eigenvalue weighted by Crippen LogP contribution is 2.25. The number of amides is 2. The number of piperidine rings is 1. The minimum absolute atomic E-state index is 0.0363. The van der Waals surface area contributed by atoms with E-state index in [4.69, 9.17) is 4.74 Å². The standard InChI is InChI=1S/C26H37BN4O5/c1-26(2,30-13-7-4-8-14-30)17-21(18-28)24(32)31-15-9-12-22(31)19-36-25(33)29-23(27(34)35)16-20-10-5-3-6-11-20/h3,5-6,10-11,17,22-23,34-35H,4,7-9,12-16,19H2,1-2H3,(H,29,33)/t22-,23?/m1/s1. The van der Waals surface area contributed by atoms with E-state index in [1.807, 2.05) is 44.2 Å². The van der Waals surface area contributed by atoms with Crippen molar-refractivity contribution in [2.24, 2.45) is 0 Å². The smallest absolute Gasteiger partial charge is 0.447 e. The summed E-state index contributed by atoms with van der Waals surface area (Å²) in [5.74, 6) is -1.28. The maximum absolute atomic E-state index is 13.3. The molecule has 2 saturated heterocycles. The molecular weight excluding hydrogens is 459 g/mol. The Labute approximate surface area is 213 Å². The van der Waals surface area contributed by atoms with Crippen molar-refractivity contribution in [2.45, 2.75) is 69.9 Å². The maximum atomic E-state index is 13.3. The van der Waals surface area contributed by atoms with Crippen molar-refractivity contribution in [3.8, 4) is 6.07 Å². The zero-order chi connectivity index (χ0) is 26.1. The predicted molar refractivity (Wildman–Crippen MR) is 137 cm³/mol. The minimum atomic E-state index is -1.76. The molecule has 1 aromatic rings. The van der Waals surface area contributed by atoms with Crippen LogP contribution in [0.4, 0.5) is 4.79 Å². The Morgan fingerprint density at radius 2 is 1.89 bits per heavy atom. The molecule has 0 radical (unpaired) electrons. The normalized spacial score (nSPS) is 19.9. The van der Waals surface area contributed by atoms with Crippen molar-refractivity contribution >= 4 is 19.1 Å². The van der Waals surface area contributed by atoms with Gasteiger partial charge in [-0.15, -0.1) is 0 Å². The number of hydrogen-bond donors (Lipinski definition) is 3. The summed E-state index contributed by atoms with van der Waals surface area (Å²) >= 11 is 0. The fourth-order valence-electron chi connectivity index (χ4n) is 4.95. The van der Waals surface area contributed by atoms with Gasteiger partial charge < -0.3 is 25.0 Å². The molecule has 36 heavy (non-hydrogen) atoms. The first-order valence-corrected chi connectivity index (χ1v) is 12.7. The molecule has 2 aliphatic heterocycles. The molecule has 2 heterocycles. The second kappa shape index (κ2) is 12.9. The molecule has 10 heteroatoms. The van der Waals surface area contributed by atoms with Crippen LogP contribution in [0.5, 0.6) is 0 Å². The lowest BCUT2D eigenvalue weighted by atomic mass is 9.76. The summed E-state index contributed by atoms with van der Waals surface area (Å²) in [6.07, 6.45) is 6.04. The van der Waals surface area contributed by atoms with Crippen LogP contribution in [0.25, 0.3) is 0 Å². The highest BCUT2D eigenvalue weighted by atomic mass is 16.5. The van der Waals surface area contributed by atoms with Gasteiger partial charge in [0.25, 0.3) is 5.91 Å². The van der Waals surface area contributed by atoms with Gasteiger partial charge in [-0.2, -0.15) is 5.26 Å². The topological polar surface area (TPSA) is 126 Å². The third kappa shape index (κ3) is 7.57. The number of nitrogens with zero attached hydrogens (tertiary/aromatic N) is 3. The van der Waals surface area contributed by atoms with E-state index in [-0.39, 0.29) is 30.5 Å². The summed E-state index contributed by atoms with van der Waals surface area (Å²) in [6, 6.07) is 10.9. The Kier molecular flexibility index (Phi) is 9.93. The van der Waals surface area contributed by atoms with Gasteiger partial charge in [-0.3, -0.25) is 9.69 Å². The second-order valence-electron chi connectivity index (χ2n) is 10.1. The van der Waals surface area contributed by atoms with Crippen LogP contribution in [0.3, 0.4) is 0 Å². The molecule has 2 atom stereocenters. The molecule has 1 unspecified atom stereocenters. The van der Waals surface area contributed by atoms with E-state index in [0.29, 0.717) is 13.0 Å². The van der Waals surface area contributed by atoms with Gasteiger partial charge >= 0.3 is 13.2 Å². The number of ether oxygens (including phenoxy) is 1. The van der Waals surface area contributed by atoms with Crippen molar-refractivity contribution in [2.75, 3.05) is 26.2 Å². The van der Waals surface area contributed by atoms with Crippen LogP contribution in [-0.4, -0.2) is 82.7 Å². The molecule has 3 rings (SSSR count). The lowest BCUT2D eigenvalue weighted by Gasteiger charge is -2.39. The van der Waals surface area contributed by atoms with Gasteiger partial charge in [0.1, 0.15) is 18.2 Å². The molecule has 0 aromatic heterocycles. The molecule has 3 N–H and O–H groups in total. The van der Waals surface area contributed by atoms with Gasteiger partial charge in [-0.1, -0.05) is 36.8 Å². The first-order chi connectivity index (χ1) is 17.2. The van der Waals surface area contributed by atoms with Crippen molar-refractivity contribution < 1.29 is 24.4 Å². The number of nitrogens with one attached hydrogen (secondary N) is 1. The SMILES string of the molecule is CC(C)(C=C(C#N)C(=O)N1CCC[C@@H]1COC(=O)NC(Cc1ccccc1)B(O)O)N1CCCCC1. The number of carbonyl (C=O) groups is 2. The third-order valence-corrected chi connectivity index (χ3v) is 7.03. The summed E-state index contributed by atoms with van der Waals surface area (Å²) in [5.41, 5.74) is 0.533. The molecule has 1 aromatic carbocycles. The maximum Gasteiger partial charge on any atom is 0.475 e. The molecule has 2 fully saturated rings. The molecule has 194 valence electrons. The number of rotatable bonds is 9. The number of carbonyl (C=O) groups excluding carboxylic acids is 2. The van der Waals surface area contributed by atoms with E-state index >= 15 is 0 Å². The molecule has 2 amide bonds. The van der Waals surface area contributed by atoms with Crippen LogP contribution in [-0.2, 0) is 16.0 Å². The molecule has 0 spiro atoms. The fraction of sp³-hybridized carbons (Fsp3) is 0.577. The van der Waals surface area contributed by atoms with Gasteiger partial charge in [-0.05, 0) is 70.7 Å². The highest BCUT2D eigenvalue weighted by Gasteiger charge is 2.34. The number of alkyl carbamates (subject to hydrolysis) is 1. The highest BCUT2D eigenvalue weighted by molar-refractivity contribution is 6.43. The first-order valence-electron chi connectivity index (χ1n) is 12.7. The molecule has 0 aliphatic carbocycles. The monoisotopic (exact) mass is 496 g/mol. The second-order valence-corrected chi connectivity index (χ2v) is 10.1. The molecule has 2 aliphatic rings. The predicted octanol–water partition coefficient (Wildman–Crippen LogP) is 2.04. The molecule has 0 saturated carbocycles. The molecule has 0 bridgehead atoms.